The van der Waals surface area contributed by atoms with E-state index in [1.165, 1.54) is 19.3 Å². The van der Waals surface area contributed by atoms with Gasteiger partial charge in [-0.2, -0.15) is 0 Å². The van der Waals surface area contributed by atoms with Crippen molar-refractivity contribution in [3.05, 3.63) is 0 Å². The highest BCUT2D eigenvalue weighted by molar-refractivity contribution is 5.88. The van der Waals surface area contributed by atoms with E-state index in [4.69, 9.17) is 9.47 Å². The number of hydrogen-bond donors (Lipinski definition) is 1. The van der Waals surface area contributed by atoms with Crippen LogP contribution in [-0.4, -0.2) is 37.2 Å². The molecule has 1 N–H and O–H groups in total. The van der Waals surface area contributed by atoms with Gasteiger partial charge in [-0.3, -0.25) is 4.79 Å². The minimum atomic E-state index is -0.561. The maximum absolute atomic E-state index is 13.3. The molecule has 0 radical (unpaired) electrons. The van der Waals surface area contributed by atoms with E-state index in [2.05, 4.69) is 5.32 Å². The summed E-state index contributed by atoms with van der Waals surface area (Å²) in [6.07, 6.45) is 10.1. The summed E-state index contributed by atoms with van der Waals surface area (Å²) in [6.45, 7) is 5.00. The van der Waals surface area contributed by atoms with E-state index in [0.717, 1.165) is 62.9 Å². The van der Waals surface area contributed by atoms with E-state index >= 15 is 0 Å². The Kier molecular flexibility index (Phi) is 5.50. The fraction of sp³-hybridized carbons (Fsp3) is 0.909. The zero-order chi connectivity index (χ0) is 19.0. The van der Waals surface area contributed by atoms with Crippen LogP contribution in [0, 0.1) is 29.1 Å². The van der Waals surface area contributed by atoms with E-state index in [1.807, 2.05) is 13.8 Å². The van der Waals surface area contributed by atoms with Crippen molar-refractivity contribution < 1.29 is 19.1 Å². The van der Waals surface area contributed by atoms with Crippen LogP contribution in [0.25, 0.3) is 0 Å². The molecule has 5 rings (SSSR count). The fourth-order valence-electron chi connectivity index (χ4n) is 6.38. The molecular weight excluding hydrogens is 342 g/mol. The average Bonchev–Trinajstić information content (AvgIpc) is 2.63. The van der Waals surface area contributed by atoms with E-state index in [-0.39, 0.29) is 29.3 Å². The van der Waals surface area contributed by atoms with Crippen LogP contribution in [0.3, 0.4) is 0 Å². The maximum atomic E-state index is 13.3. The summed E-state index contributed by atoms with van der Waals surface area (Å²) in [5.74, 6) is 1.96. The summed E-state index contributed by atoms with van der Waals surface area (Å²) in [7, 11) is 0. The SMILES string of the molecule is CC(C)C(NC(=O)C12CC3CC(CC(C3)C1)C2)C(=O)OCC1CCCCO1. The molecule has 2 unspecified atom stereocenters. The second-order valence-corrected chi connectivity index (χ2v) is 10.0. The number of amides is 1. The van der Waals surface area contributed by atoms with Gasteiger partial charge in [-0.25, -0.2) is 4.79 Å². The van der Waals surface area contributed by atoms with E-state index in [1.54, 1.807) is 0 Å². The standard InChI is InChI=1S/C22H35NO4/c1-14(2)19(20(24)27-13-18-5-3-4-6-26-18)23-21(25)22-10-15-7-16(11-22)9-17(8-15)12-22/h14-19H,3-13H2,1-2H3,(H,23,25). The summed E-state index contributed by atoms with van der Waals surface area (Å²) in [5.41, 5.74) is -0.228. The maximum Gasteiger partial charge on any atom is 0.328 e. The Labute approximate surface area is 162 Å². The molecule has 0 spiro atoms. The fourth-order valence-corrected chi connectivity index (χ4v) is 6.38. The zero-order valence-corrected chi connectivity index (χ0v) is 16.9. The van der Waals surface area contributed by atoms with Gasteiger partial charge in [-0.1, -0.05) is 13.8 Å². The number of rotatable bonds is 6. The molecule has 5 heteroatoms. The van der Waals surface area contributed by atoms with Crippen LogP contribution >= 0.6 is 0 Å². The van der Waals surface area contributed by atoms with Crippen molar-refractivity contribution in [2.24, 2.45) is 29.1 Å². The molecule has 1 saturated heterocycles. The Balaban J connectivity index is 1.36. The highest BCUT2D eigenvalue weighted by Crippen LogP contribution is 2.60. The molecular formula is C22H35NO4. The number of carbonyl (C=O) groups is 2. The van der Waals surface area contributed by atoms with E-state index in [9.17, 15) is 9.59 Å². The molecule has 0 aromatic carbocycles. The highest BCUT2D eigenvalue weighted by atomic mass is 16.6. The first-order valence-electron chi connectivity index (χ1n) is 11.0. The van der Waals surface area contributed by atoms with Crippen molar-refractivity contribution in [2.45, 2.75) is 83.8 Å². The molecule has 5 nitrogen and oxygen atoms in total. The molecule has 0 aromatic heterocycles. The molecule has 4 bridgehead atoms. The molecule has 5 fully saturated rings. The van der Waals surface area contributed by atoms with Crippen LogP contribution in [0.2, 0.25) is 0 Å². The van der Waals surface area contributed by atoms with Crippen molar-refractivity contribution in [3.63, 3.8) is 0 Å². The van der Waals surface area contributed by atoms with E-state index < -0.39 is 6.04 Å². The number of nitrogens with one attached hydrogen (secondary N) is 1. The zero-order valence-electron chi connectivity index (χ0n) is 16.9. The van der Waals surface area contributed by atoms with Crippen molar-refractivity contribution in [1.29, 1.82) is 0 Å². The number of hydrogen-bond acceptors (Lipinski definition) is 4. The molecule has 1 amide bonds. The van der Waals surface area contributed by atoms with Crippen molar-refractivity contribution in [2.75, 3.05) is 13.2 Å². The van der Waals surface area contributed by atoms with Gasteiger partial charge >= 0.3 is 5.97 Å². The molecule has 27 heavy (non-hydrogen) atoms. The van der Waals surface area contributed by atoms with Crippen LogP contribution < -0.4 is 5.32 Å². The Morgan fingerprint density at radius 3 is 2.22 bits per heavy atom. The summed E-state index contributed by atoms with van der Waals surface area (Å²) < 4.78 is 11.2. The molecule has 2 atom stereocenters. The molecule has 1 aliphatic heterocycles. The molecule has 0 aromatic rings. The van der Waals surface area contributed by atoms with Crippen LogP contribution in [0.1, 0.15) is 71.6 Å². The first-order valence-corrected chi connectivity index (χ1v) is 11.0. The van der Waals surface area contributed by atoms with Crippen molar-refractivity contribution in [1.82, 2.24) is 5.32 Å². The predicted octanol–water partition coefficient (Wildman–Crippen LogP) is 3.46. The quantitative estimate of drug-likeness (QED) is 0.720. The lowest BCUT2D eigenvalue weighted by atomic mass is 9.49. The van der Waals surface area contributed by atoms with Crippen LogP contribution in [0.4, 0.5) is 0 Å². The first-order chi connectivity index (χ1) is 12.9. The smallest absolute Gasteiger partial charge is 0.328 e. The predicted molar refractivity (Wildman–Crippen MR) is 102 cm³/mol. The van der Waals surface area contributed by atoms with Gasteiger partial charge in [0, 0.05) is 12.0 Å². The molecule has 4 saturated carbocycles. The summed E-state index contributed by atoms with van der Waals surface area (Å²) in [5, 5.41) is 3.11. The number of esters is 1. The monoisotopic (exact) mass is 377 g/mol. The topological polar surface area (TPSA) is 64.6 Å². The normalized spacial score (nSPS) is 38.6. The summed E-state index contributed by atoms with van der Waals surface area (Å²) in [6, 6.07) is -0.561. The second-order valence-electron chi connectivity index (χ2n) is 10.0. The molecule has 1 heterocycles. The largest absolute Gasteiger partial charge is 0.461 e. The molecule has 5 aliphatic rings. The second kappa shape index (κ2) is 7.73. The van der Waals surface area contributed by atoms with Crippen LogP contribution in [0.15, 0.2) is 0 Å². The third kappa shape index (κ3) is 4.03. The van der Waals surface area contributed by atoms with Crippen molar-refractivity contribution >= 4 is 11.9 Å². The van der Waals surface area contributed by atoms with Crippen LogP contribution in [-0.2, 0) is 19.1 Å². The van der Waals surface area contributed by atoms with Crippen LogP contribution in [0.5, 0.6) is 0 Å². The minimum Gasteiger partial charge on any atom is -0.461 e. The van der Waals surface area contributed by atoms with Gasteiger partial charge in [0.25, 0.3) is 0 Å². The lowest BCUT2D eigenvalue weighted by Crippen LogP contribution is -2.57. The van der Waals surface area contributed by atoms with Gasteiger partial charge in [0.1, 0.15) is 12.6 Å². The van der Waals surface area contributed by atoms with E-state index in [0.29, 0.717) is 6.61 Å². The minimum absolute atomic E-state index is 0.00867. The summed E-state index contributed by atoms with van der Waals surface area (Å²) in [4.78, 5) is 26.0. The first kappa shape index (κ1) is 19.2. The van der Waals surface area contributed by atoms with Gasteiger partial charge < -0.3 is 14.8 Å². The number of carbonyl (C=O) groups excluding carboxylic acids is 2. The van der Waals surface area contributed by atoms with Gasteiger partial charge in [0.05, 0.1) is 6.10 Å². The third-order valence-corrected chi connectivity index (χ3v) is 7.41. The van der Waals surface area contributed by atoms with Gasteiger partial charge in [-0.05, 0) is 81.5 Å². The number of ether oxygens (including phenoxy) is 2. The Hall–Kier alpha value is -1.10. The third-order valence-electron chi connectivity index (χ3n) is 7.41. The lowest BCUT2D eigenvalue weighted by molar-refractivity contribution is -0.158. The Morgan fingerprint density at radius 2 is 1.70 bits per heavy atom. The Morgan fingerprint density at radius 1 is 1.07 bits per heavy atom. The Bertz CT molecular complexity index is 531. The van der Waals surface area contributed by atoms with Gasteiger partial charge in [0.2, 0.25) is 5.91 Å². The van der Waals surface area contributed by atoms with Gasteiger partial charge in [-0.15, -0.1) is 0 Å². The molecule has 4 aliphatic carbocycles. The highest BCUT2D eigenvalue weighted by Gasteiger charge is 2.55. The lowest BCUT2D eigenvalue weighted by Gasteiger charge is -2.55. The van der Waals surface area contributed by atoms with Crippen molar-refractivity contribution in [3.8, 4) is 0 Å². The average molecular weight is 378 g/mol. The summed E-state index contributed by atoms with van der Waals surface area (Å²) >= 11 is 0. The van der Waals surface area contributed by atoms with Gasteiger partial charge in [0.15, 0.2) is 0 Å². The molecule has 152 valence electrons.